The highest BCUT2D eigenvalue weighted by Crippen LogP contribution is 2.30. The molecule has 1 saturated carbocycles. The van der Waals surface area contributed by atoms with Crippen molar-refractivity contribution in [3.8, 4) is 0 Å². The molecule has 0 amide bonds. The van der Waals surface area contributed by atoms with Gasteiger partial charge in [-0.05, 0) is 19.8 Å². The zero-order valence-corrected chi connectivity index (χ0v) is 11.2. The normalized spacial score (nSPS) is 27.5. The Morgan fingerprint density at radius 3 is 2.72 bits per heavy atom. The number of nitrogens with one attached hydrogen (secondary N) is 1. The van der Waals surface area contributed by atoms with Crippen LogP contribution in [-0.4, -0.2) is 59.3 Å². The first-order chi connectivity index (χ1) is 8.59. The van der Waals surface area contributed by atoms with E-state index in [0.717, 1.165) is 13.1 Å². The van der Waals surface area contributed by atoms with Crippen molar-refractivity contribution in [2.24, 2.45) is 0 Å². The fourth-order valence-corrected chi connectivity index (χ4v) is 4.10. The Morgan fingerprint density at radius 2 is 2.17 bits per heavy atom. The smallest absolute Gasteiger partial charge is 0.277 e. The van der Waals surface area contributed by atoms with E-state index in [1.165, 1.54) is 25.2 Å². The van der Waals surface area contributed by atoms with Gasteiger partial charge in [-0.3, -0.25) is 4.90 Å². The highest BCUT2D eigenvalue weighted by molar-refractivity contribution is 7.89. The third-order valence-electron chi connectivity index (χ3n) is 3.69. The Bertz CT molecular complexity index is 509. The first-order valence-electron chi connectivity index (χ1n) is 6.34. The molecule has 1 aliphatic carbocycles. The minimum atomic E-state index is -3.46. The van der Waals surface area contributed by atoms with Crippen molar-refractivity contribution in [3.05, 3.63) is 12.4 Å². The molecule has 6 nitrogen and oxygen atoms in total. The maximum absolute atomic E-state index is 12.4. The van der Waals surface area contributed by atoms with Crippen molar-refractivity contribution in [1.82, 2.24) is 19.2 Å². The minimum Gasteiger partial charge on any atom is -0.334 e. The van der Waals surface area contributed by atoms with E-state index in [4.69, 9.17) is 0 Å². The van der Waals surface area contributed by atoms with Gasteiger partial charge in [0.05, 0.1) is 0 Å². The third-order valence-corrected chi connectivity index (χ3v) is 5.56. The van der Waals surface area contributed by atoms with Crippen molar-refractivity contribution >= 4 is 10.0 Å². The van der Waals surface area contributed by atoms with Gasteiger partial charge < -0.3 is 4.98 Å². The zero-order chi connectivity index (χ0) is 12.8. The summed E-state index contributed by atoms with van der Waals surface area (Å²) in [6.45, 7) is 4.18. The summed E-state index contributed by atoms with van der Waals surface area (Å²) in [5.74, 6) is 0. The van der Waals surface area contributed by atoms with Crippen LogP contribution in [0, 0.1) is 0 Å². The van der Waals surface area contributed by atoms with Gasteiger partial charge in [0.2, 0.25) is 5.16 Å². The minimum absolute atomic E-state index is 0.00875. The van der Waals surface area contributed by atoms with Gasteiger partial charge in [0.25, 0.3) is 10.0 Å². The van der Waals surface area contributed by atoms with Gasteiger partial charge in [0, 0.05) is 44.1 Å². The largest absolute Gasteiger partial charge is 0.334 e. The van der Waals surface area contributed by atoms with E-state index in [9.17, 15) is 8.42 Å². The van der Waals surface area contributed by atoms with Gasteiger partial charge in [0.15, 0.2) is 0 Å². The average Bonchev–Trinajstić information content (AvgIpc) is 3.03. The number of aromatic amines is 1. The third kappa shape index (κ3) is 2.06. The van der Waals surface area contributed by atoms with E-state index in [1.54, 1.807) is 4.31 Å². The Morgan fingerprint density at radius 1 is 1.39 bits per heavy atom. The summed E-state index contributed by atoms with van der Waals surface area (Å²) in [7, 11) is -3.46. The van der Waals surface area contributed by atoms with Gasteiger partial charge in [-0.1, -0.05) is 0 Å². The second kappa shape index (κ2) is 4.32. The number of rotatable bonds is 3. The van der Waals surface area contributed by atoms with E-state index < -0.39 is 10.0 Å². The SMILES string of the molecule is CC1CN(C2CC2)CCN1S(=O)(=O)c1ncc[nH]1. The Kier molecular flexibility index (Phi) is 2.91. The lowest BCUT2D eigenvalue weighted by atomic mass is 10.2. The van der Waals surface area contributed by atoms with E-state index >= 15 is 0 Å². The Balaban J connectivity index is 1.77. The number of piperazine rings is 1. The van der Waals surface area contributed by atoms with E-state index in [-0.39, 0.29) is 11.2 Å². The molecule has 3 rings (SSSR count). The molecular formula is C11H18N4O2S. The maximum atomic E-state index is 12.4. The highest BCUT2D eigenvalue weighted by Gasteiger charge is 2.39. The maximum Gasteiger partial charge on any atom is 0.277 e. The van der Waals surface area contributed by atoms with Crippen LogP contribution < -0.4 is 0 Å². The molecule has 0 spiro atoms. The van der Waals surface area contributed by atoms with Crippen LogP contribution >= 0.6 is 0 Å². The van der Waals surface area contributed by atoms with Crippen LogP contribution in [0.3, 0.4) is 0 Å². The van der Waals surface area contributed by atoms with Crippen molar-refractivity contribution in [2.75, 3.05) is 19.6 Å². The van der Waals surface area contributed by atoms with Crippen molar-refractivity contribution in [3.63, 3.8) is 0 Å². The summed E-state index contributed by atoms with van der Waals surface area (Å²) in [5.41, 5.74) is 0. The molecule has 18 heavy (non-hydrogen) atoms. The summed E-state index contributed by atoms with van der Waals surface area (Å²) < 4.78 is 26.3. The van der Waals surface area contributed by atoms with Crippen LogP contribution in [-0.2, 0) is 10.0 Å². The van der Waals surface area contributed by atoms with E-state index in [2.05, 4.69) is 14.9 Å². The monoisotopic (exact) mass is 270 g/mol. The molecule has 1 aromatic rings. The molecule has 0 bridgehead atoms. The van der Waals surface area contributed by atoms with Gasteiger partial charge in [-0.2, -0.15) is 4.31 Å². The molecule has 2 aliphatic rings. The van der Waals surface area contributed by atoms with Crippen LogP contribution in [0.2, 0.25) is 0 Å². The Hall–Kier alpha value is -0.920. The number of hydrogen-bond acceptors (Lipinski definition) is 4. The highest BCUT2D eigenvalue weighted by atomic mass is 32.2. The van der Waals surface area contributed by atoms with Crippen LogP contribution in [0.1, 0.15) is 19.8 Å². The van der Waals surface area contributed by atoms with Gasteiger partial charge >= 0.3 is 0 Å². The molecule has 1 aliphatic heterocycles. The molecule has 0 aromatic carbocycles. The molecule has 100 valence electrons. The van der Waals surface area contributed by atoms with Crippen molar-refractivity contribution in [1.29, 1.82) is 0 Å². The summed E-state index contributed by atoms with van der Waals surface area (Å²) >= 11 is 0. The van der Waals surface area contributed by atoms with Crippen LogP contribution in [0.25, 0.3) is 0 Å². The molecule has 0 radical (unpaired) electrons. The number of imidazole rings is 1. The quantitative estimate of drug-likeness (QED) is 0.856. The molecule has 2 heterocycles. The molecular weight excluding hydrogens is 252 g/mol. The van der Waals surface area contributed by atoms with Crippen molar-refractivity contribution in [2.45, 2.75) is 37.0 Å². The second-order valence-corrected chi connectivity index (χ2v) is 6.89. The first kappa shape index (κ1) is 12.1. The van der Waals surface area contributed by atoms with Gasteiger partial charge in [0.1, 0.15) is 0 Å². The Labute approximate surface area is 107 Å². The molecule has 1 atom stereocenters. The predicted molar refractivity (Wildman–Crippen MR) is 66.5 cm³/mol. The van der Waals surface area contributed by atoms with E-state index in [0.29, 0.717) is 12.6 Å². The van der Waals surface area contributed by atoms with Gasteiger partial charge in [-0.25, -0.2) is 13.4 Å². The predicted octanol–water partition coefficient (Wildman–Crippen LogP) is 0.267. The molecule has 7 heteroatoms. The lowest BCUT2D eigenvalue weighted by molar-refractivity contribution is 0.137. The fraction of sp³-hybridized carbons (Fsp3) is 0.727. The molecule has 1 aromatic heterocycles. The molecule has 1 N–H and O–H groups in total. The second-order valence-electron chi connectivity index (χ2n) is 5.09. The number of aromatic nitrogens is 2. The number of hydrogen-bond donors (Lipinski definition) is 1. The lowest BCUT2D eigenvalue weighted by Gasteiger charge is -2.38. The zero-order valence-electron chi connectivity index (χ0n) is 10.4. The number of H-pyrrole nitrogens is 1. The number of sulfonamides is 1. The van der Waals surface area contributed by atoms with Crippen LogP contribution in [0.4, 0.5) is 0 Å². The van der Waals surface area contributed by atoms with Crippen LogP contribution in [0.15, 0.2) is 17.6 Å². The topological polar surface area (TPSA) is 69.3 Å². The summed E-state index contributed by atoms with van der Waals surface area (Å²) in [5, 5.41) is 0.0502. The fourth-order valence-electron chi connectivity index (χ4n) is 2.60. The van der Waals surface area contributed by atoms with E-state index in [1.807, 2.05) is 6.92 Å². The number of nitrogens with zero attached hydrogens (tertiary/aromatic N) is 3. The molecule has 1 unspecified atom stereocenters. The average molecular weight is 270 g/mol. The molecule has 2 fully saturated rings. The van der Waals surface area contributed by atoms with Crippen molar-refractivity contribution < 1.29 is 8.42 Å². The summed E-state index contributed by atoms with van der Waals surface area (Å²) in [4.78, 5) is 8.95. The lowest BCUT2D eigenvalue weighted by Crippen LogP contribution is -2.54. The van der Waals surface area contributed by atoms with Crippen LogP contribution in [0.5, 0.6) is 0 Å². The summed E-state index contributed by atoms with van der Waals surface area (Å²) in [6, 6.07) is 0.704. The molecule has 1 saturated heterocycles. The summed E-state index contributed by atoms with van der Waals surface area (Å²) in [6.07, 6.45) is 5.53. The first-order valence-corrected chi connectivity index (χ1v) is 7.78. The standard InChI is InChI=1S/C11H18N4O2S/c1-9-8-14(10-2-3-10)6-7-15(9)18(16,17)11-12-4-5-13-11/h4-5,9-10H,2-3,6-8H2,1H3,(H,12,13). The van der Waals surface area contributed by atoms with Gasteiger partial charge in [-0.15, -0.1) is 0 Å².